The van der Waals surface area contributed by atoms with E-state index in [-0.39, 0.29) is 49.1 Å². The number of esters is 2. The van der Waals surface area contributed by atoms with E-state index in [2.05, 4.69) is 86.8 Å². The SMILES string of the molecule is CC/C=C/C/C=C/C/C=C/C/C=C/CCCCCCCCCC(=O)OCC(COCCC(C(=O)[O-])[N+](C)(C)C)OC(=O)CCCC/C=C/C/C=C/CC. The molecule has 0 aromatic rings. The van der Waals surface area contributed by atoms with Crippen LogP contribution in [-0.2, 0) is 28.6 Å². The van der Waals surface area contributed by atoms with Crippen LogP contribution in [0.1, 0.15) is 142 Å². The highest BCUT2D eigenvalue weighted by molar-refractivity contribution is 5.70. The molecule has 0 spiro atoms. The Labute approximate surface area is 323 Å². The molecule has 8 heteroatoms. The van der Waals surface area contributed by atoms with Gasteiger partial charge in [-0.3, -0.25) is 9.59 Å². The van der Waals surface area contributed by atoms with Crippen LogP contribution in [0.4, 0.5) is 0 Å². The van der Waals surface area contributed by atoms with Crippen LogP contribution >= 0.6 is 0 Å². The number of allylic oxidation sites excluding steroid dienone is 12. The maximum absolute atomic E-state index is 12.6. The van der Waals surface area contributed by atoms with Crippen LogP contribution in [0.2, 0.25) is 0 Å². The first kappa shape index (κ1) is 49.8. The third-order valence-electron chi connectivity index (χ3n) is 8.59. The molecule has 8 nitrogen and oxygen atoms in total. The first-order chi connectivity index (χ1) is 25.6. The van der Waals surface area contributed by atoms with E-state index in [1.54, 1.807) is 21.1 Å². The number of unbranched alkanes of at least 4 members (excludes halogenated alkanes) is 9. The van der Waals surface area contributed by atoms with Crippen LogP contribution in [0.25, 0.3) is 0 Å². The van der Waals surface area contributed by atoms with Crippen molar-refractivity contribution in [2.24, 2.45) is 0 Å². The Hall–Kier alpha value is -3.23. The zero-order valence-electron chi connectivity index (χ0n) is 34.2. The maximum atomic E-state index is 12.6. The fraction of sp³-hybridized carbons (Fsp3) is 0.667. The predicted octanol–water partition coefficient (Wildman–Crippen LogP) is 9.46. The molecule has 0 amide bonds. The number of carboxylic acid groups (broad SMARTS) is 1. The molecule has 2 atom stereocenters. The van der Waals surface area contributed by atoms with Crippen molar-refractivity contribution in [2.75, 3.05) is 41.0 Å². The molecule has 0 aliphatic carbocycles. The minimum Gasteiger partial charge on any atom is -0.544 e. The van der Waals surface area contributed by atoms with Crippen molar-refractivity contribution in [3.8, 4) is 0 Å². The van der Waals surface area contributed by atoms with Gasteiger partial charge in [0.15, 0.2) is 6.10 Å². The first-order valence-electron chi connectivity index (χ1n) is 20.5. The number of aliphatic carboxylic acids is 1. The van der Waals surface area contributed by atoms with Crippen LogP contribution in [0, 0.1) is 0 Å². The zero-order chi connectivity index (χ0) is 39.3. The minimum absolute atomic E-state index is 0.0201. The van der Waals surface area contributed by atoms with E-state index in [0.717, 1.165) is 83.5 Å². The fourth-order valence-corrected chi connectivity index (χ4v) is 5.45. The summed E-state index contributed by atoms with van der Waals surface area (Å²) in [6, 6.07) is -0.735. The highest BCUT2D eigenvalue weighted by Gasteiger charge is 2.25. The number of hydrogen-bond acceptors (Lipinski definition) is 7. The molecule has 0 aliphatic heterocycles. The molecule has 0 heterocycles. The number of carboxylic acids is 1. The molecule has 0 N–H and O–H groups in total. The van der Waals surface area contributed by atoms with E-state index in [1.807, 2.05) is 0 Å². The summed E-state index contributed by atoms with van der Waals surface area (Å²) in [5.74, 6) is -1.81. The topological polar surface area (TPSA) is 102 Å². The molecule has 0 saturated heterocycles. The molecule has 53 heavy (non-hydrogen) atoms. The molecule has 0 rings (SSSR count). The third-order valence-corrected chi connectivity index (χ3v) is 8.59. The molecule has 0 aromatic carbocycles. The summed E-state index contributed by atoms with van der Waals surface area (Å²) in [5, 5.41) is 11.6. The van der Waals surface area contributed by atoms with Gasteiger partial charge in [-0.2, -0.15) is 0 Å². The molecule has 0 bridgehead atoms. The normalized spacial score (nSPS) is 13.8. The lowest BCUT2D eigenvalue weighted by atomic mass is 10.1. The summed E-state index contributed by atoms with van der Waals surface area (Å²) in [6.45, 7) is 4.35. The van der Waals surface area contributed by atoms with Crippen LogP contribution in [-0.4, -0.2) is 75.5 Å². The molecular weight excluding hydrogens is 666 g/mol. The quantitative estimate of drug-likeness (QED) is 0.0276. The smallest absolute Gasteiger partial charge is 0.306 e. The van der Waals surface area contributed by atoms with Gasteiger partial charge in [-0.25, -0.2) is 0 Å². The Morgan fingerprint density at radius 1 is 0.566 bits per heavy atom. The Morgan fingerprint density at radius 3 is 1.51 bits per heavy atom. The summed E-state index contributed by atoms with van der Waals surface area (Å²) in [5.41, 5.74) is 0. The van der Waals surface area contributed by atoms with Crippen LogP contribution in [0.3, 0.4) is 0 Å². The third kappa shape index (κ3) is 34.3. The van der Waals surface area contributed by atoms with Gasteiger partial charge >= 0.3 is 11.9 Å². The van der Waals surface area contributed by atoms with E-state index in [1.165, 1.54) is 19.3 Å². The molecule has 0 saturated carbocycles. The summed E-state index contributed by atoms with van der Waals surface area (Å²) in [6.07, 6.45) is 43.7. The Balaban J connectivity index is 4.33. The van der Waals surface area contributed by atoms with Crippen molar-refractivity contribution in [1.82, 2.24) is 0 Å². The average molecular weight is 742 g/mol. The molecular formula is C45H75NO7. The Morgan fingerprint density at radius 2 is 1.00 bits per heavy atom. The summed E-state index contributed by atoms with van der Waals surface area (Å²) < 4.78 is 17.0. The number of quaternary nitrogens is 1. The monoisotopic (exact) mass is 742 g/mol. The van der Waals surface area contributed by atoms with E-state index in [0.29, 0.717) is 12.8 Å². The lowest BCUT2D eigenvalue weighted by Gasteiger charge is -2.34. The van der Waals surface area contributed by atoms with Gasteiger partial charge < -0.3 is 28.6 Å². The highest BCUT2D eigenvalue weighted by Crippen LogP contribution is 2.12. The molecule has 302 valence electrons. The van der Waals surface area contributed by atoms with Crippen LogP contribution < -0.4 is 5.11 Å². The Bertz CT molecular complexity index is 1100. The highest BCUT2D eigenvalue weighted by atomic mass is 16.6. The first-order valence-corrected chi connectivity index (χ1v) is 20.5. The van der Waals surface area contributed by atoms with Gasteiger partial charge in [-0.05, 0) is 77.0 Å². The van der Waals surface area contributed by atoms with Crippen molar-refractivity contribution in [1.29, 1.82) is 0 Å². The number of rotatable bonds is 35. The average Bonchev–Trinajstić information content (AvgIpc) is 3.11. The molecule has 2 unspecified atom stereocenters. The van der Waals surface area contributed by atoms with Crippen molar-refractivity contribution in [2.45, 2.75) is 154 Å². The lowest BCUT2D eigenvalue weighted by molar-refractivity contribution is -0.889. The van der Waals surface area contributed by atoms with Crippen LogP contribution in [0.5, 0.6) is 0 Å². The van der Waals surface area contributed by atoms with E-state index in [4.69, 9.17) is 14.2 Å². The zero-order valence-corrected chi connectivity index (χ0v) is 34.2. The van der Waals surface area contributed by atoms with Gasteiger partial charge in [0.1, 0.15) is 12.6 Å². The van der Waals surface area contributed by atoms with Crippen molar-refractivity contribution in [3.63, 3.8) is 0 Å². The second kappa shape index (κ2) is 35.8. The standard InChI is InChI=1S/C45H75NO7/c1-6-8-10-12-14-16-17-18-19-20-21-22-23-24-25-26-28-29-31-33-35-43(47)52-40-41(39-51-38-37-42(45(49)50)46(3,4)5)53-44(48)36-34-32-30-27-15-13-11-9-7-2/h8-11,14-16,18-19,21-22,27,41-42H,6-7,12-13,17,20,23-26,28-40H2,1-5H3/b10-8+,11-9+,16-14+,19-18+,22-21+,27-15+. The minimum atomic E-state index is -1.14. The summed E-state index contributed by atoms with van der Waals surface area (Å²) in [7, 11) is 5.37. The number of ether oxygens (including phenoxy) is 3. The van der Waals surface area contributed by atoms with E-state index >= 15 is 0 Å². The number of nitrogens with zero attached hydrogens (tertiary/aromatic N) is 1. The van der Waals surface area contributed by atoms with Gasteiger partial charge in [-0.1, -0.05) is 119 Å². The van der Waals surface area contributed by atoms with E-state index in [9.17, 15) is 19.5 Å². The van der Waals surface area contributed by atoms with Gasteiger partial charge in [-0.15, -0.1) is 0 Å². The summed E-state index contributed by atoms with van der Waals surface area (Å²) >= 11 is 0. The second-order valence-electron chi connectivity index (χ2n) is 14.5. The molecule has 0 aromatic heterocycles. The van der Waals surface area contributed by atoms with Gasteiger partial charge in [0.2, 0.25) is 0 Å². The maximum Gasteiger partial charge on any atom is 0.306 e. The predicted molar refractivity (Wildman–Crippen MR) is 217 cm³/mol. The number of likely N-dealkylation sites (N-methyl/N-ethyl adjacent to an activating group) is 1. The molecule has 0 aliphatic rings. The van der Waals surface area contributed by atoms with Crippen molar-refractivity contribution < 1.29 is 38.2 Å². The molecule has 0 fully saturated rings. The van der Waals surface area contributed by atoms with Gasteiger partial charge in [0, 0.05) is 19.3 Å². The Kier molecular flexibility index (Phi) is 33.6. The van der Waals surface area contributed by atoms with Crippen molar-refractivity contribution >= 4 is 17.9 Å². The van der Waals surface area contributed by atoms with Crippen molar-refractivity contribution in [3.05, 3.63) is 72.9 Å². The fourth-order valence-electron chi connectivity index (χ4n) is 5.45. The number of carbonyl (C=O) groups excluding carboxylic acids is 3. The van der Waals surface area contributed by atoms with Crippen LogP contribution in [0.15, 0.2) is 72.9 Å². The summed E-state index contributed by atoms with van der Waals surface area (Å²) in [4.78, 5) is 36.7. The lowest BCUT2D eigenvalue weighted by Crippen LogP contribution is -2.55. The molecule has 0 radical (unpaired) electrons. The second-order valence-corrected chi connectivity index (χ2v) is 14.5. The van der Waals surface area contributed by atoms with Gasteiger partial charge in [0.05, 0.1) is 40.3 Å². The number of carbonyl (C=O) groups is 3. The largest absolute Gasteiger partial charge is 0.544 e. The number of hydrogen-bond donors (Lipinski definition) is 0. The van der Waals surface area contributed by atoms with Gasteiger partial charge in [0.25, 0.3) is 0 Å². The van der Waals surface area contributed by atoms with E-state index < -0.39 is 18.1 Å².